The normalized spacial score (nSPS) is 11.3. The van der Waals surface area contributed by atoms with Crippen LogP contribution in [0.3, 0.4) is 0 Å². The average molecular weight is 375 g/mol. The van der Waals surface area contributed by atoms with Crippen LogP contribution in [-0.4, -0.2) is 15.9 Å². The molecule has 1 aromatic heterocycles. The lowest BCUT2D eigenvalue weighted by Crippen LogP contribution is -2.27. The van der Waals surface area contributed by atoms with Crippen molar-refractivity contribution in [3.8, 4) is 11.4 Å². The van der Waals surface area contributed by atoms with Crippen LogP contribution in [0.2, 0.25) is 0 Å². The van der Waals surface area contributed by atoms with Gasteiger partial charge in [-0.3, -0.25) is 0 Å². The molecule has 1 amide bonds. The van der Waals surface area contributed by atoms with Gasteiger partial charge in [0.1, 0.15) is 5.75 Å². The molecule has 0 bridgehead atoms. The van der Waals surface area contributed by atoms with Crippen LogP contribution in [0.5, 0.6) is 5.75 Å². The van der Waals surface area contributed by atoms with E-state index in [4.69, 9.17) is 4.74 Å². The number of hydrogen-bond donors (Lipinski definition) is 1. The summed E-state index contributed by atoms with van der Waals surface area (Å²) in [5.74, 6) is 0.332. The van der Waals surface area contributed by atoms with Crippen LogP contribution in [0, 0.1) is 6.92 Å². The monoisotopic (exact) mass is 375 g/mol. The fraction of sp³-hybridized carbons (Fsp3) is 0.158. The average Bonchev–Trinajstić information content (AvgIpc) is 3.05. The Morgan fingerprint density at radius 1 is 1.11 bits per heavy atom. The van der Waals surface area contributed by atoms with E-state index in [1.807, 2.05) is 13.0 Å². The Bertz CT molecular complexity index is 937. The second kappa shape index (κ2) is 7.53. The molecule has 3 rings (SSSR count). The third kappa shape index (κ3) is 4.66. The van der Waals surface area contributed by atoms with Crippen molar-refractivity contribution in [1.29, 1.82) is 0 Å². The number of para-hydroxylation sites is 1. The highest BCUT2D eigenvalue weighted by Crippen LogP contribution is 2.29. The third-order valence-corrected chi connectivity index (χ3v) is 3.69. The van der Waals surface area contributed by atoms with Crippen molar-refractivity contribution in [1.82, 2.24) is 15.1 Å². The molecule has 0 radical (unpaired) electrons. The Morgan fingerprint density at radius 2 is 1.85 bits per heavy atom. The standard InChI is InChI=1S/C19H16F3N3O2/c1-13-6-5-7-14(10-13)25-15(11-17(24-25)19(20,21)22)12-23-18(26)27-16-8-3-2-4-9-16/h2-11H,12H2,1H3,(H,23,26). The van der Waals surface area contributed by atoms with Crippen molar-refractivity contribution < 1.29 is 22.7 Å². The molecule has 1 heterocycles. The molecular formula is C19H16F3N3O2. The number of nitrogens with one attached hydrogen (secondary N) is 1. The van der Waals surface area contributed by atoms with Gasteiger partial charge in [-0.2, -0.15) is 18.3 Å². The van der Waals surface area contributed by atoms with Gasteiger partial charge in [0, 0.05) is 0 Å². The van der Waals surface area contributed by atoms with Crippen molar-refractivity contribution in [2.45, 2.75) is 19.6 Å². The lowest BCUT2D eigenvalue weighted by Gasteiger charge is -2.10. The summed E-state index contributed by atoms with van der Waals surface area (Å²) in [7, 11) is 0. The number of halogens is 3. The molecule has 0 aliphatic heterocycles. The largest absolute Gasteiger partial charge is 0.435 e. The van der Waals surface area contributed by atoms with Gasteiger partial charge >= 0.3 is 12.3 Å². The number of aryl methyl sites for hydroxylation is 1. The number of alkyl halides is 3. The SMILES string of the molecule is Cc1cccc(-n2nc(C(F)(F)F)cc2CNC(=O)Oc2ccccc2)c1. The van der Waals surface area contributed by atoms with Crippen molar-refractivity contribution in [3.63, 3.8) is 0 Å². The first-order valence-electron chi connectivity index (χ1n) is 8.07. The van der Waals surface area contributed by atoms with Gasteiger partial charge in [0.05, 0.1) is 17.9 Å². The minimum atomic E-state index is -4.59. The van der Waals surface area contributed by atoms with Crippen LogP contribution in [0.4, 0.5) is 18.0 Å². The number of rotatable bonds is 4. The number of benzene rings is 2. The number of nitrogens with zero attached hydrogens (tertiary/aromatic N) is 2. The molecule has 0 saturated carbocycles. The molecule has 1 N–H and O–H groups in total. The zero-order valence-electron chi connectivity index (χ0n) is 14.3. The molecular weight excluding hydrogens is 359 g/mol. The van der Waals surface area contributed by atoms with Gasteiger partial charge in [-0.15, -0.1) is 0 Å². The van der Waals surface area contributed by atoms with Crippen molar-refractivity contribution >= 4 is 6.09 Å². The Labute approximate surface area is 153 Å². The van der Waals surface area contributed by atoms with Crippen LogP contribution >= 0.6 is 0 Å². The fourth-order valence-electron chi connectivity index (χ4n) is 2.46. The maximum absolute atomic E-state index is 13.1. The minimum Gasteiger partial charge on any atom is -0.410 e. The Morgan fingerprint density at radius 3 is 2.52 bits per heavy atom. The van der Waals surface area contributed by atoms with Crippen LogP contribution in [0.25, 0.3) is 5.69 Å². The zero-order chi connectivity index (χ0) is 19.4. The van der Waals surface area contributed by atoms with Crippen molar-refractivity contribution in [2.75, 3.05) is 0 Å². The lowest BCUT2D eigenvalue weighted by molar-refractivity contribution is -0.141. The van der Waals surface area contributed by atoms with Crippen molar-refractivity contribution in [2.24, 2.45) is 0 Å². The first-order chi connectivity index (χ1) is 12.8. The third-order valence-electron chi connectivity index (χ3n) is 3.69. The summed E-state index contributed by atoms with van der Waals surface area (Å²) >= 11 is 0. The summed E-state index contributed by atoms with van der Waals surface area (Å²) in [6.45, 7) is 1.65. The van der Waals surface area contributed by atoms with E-state index in [0.29, 0.717) is 11.4 Å². The first-order valence-corrected chi connectivity index (χ1v) is 8.07. The fourth-order valence-corrected chi connectivity index (χ4v) is 2.46. The summed E-state index contributed by atoms with van der Waals surface area (Å²) in [4.78, 5) is 11.9. The van der Waals surface area contributed by atoms with E-state index >= 15 is 0 Å². The molecule has 0 unspecified atom stereocenters. The smallest absolute Gasteiger partial charge is 0.410 e. The van der Waals surface area contributed by atoms with E-state index in [1.54, 1.807) is 48.5 Å². The highest BCUT2D eigenvalue weighted by atomic mass is 19.4. The Kier molecular flexibility index (Phi) is 5.16. The molecule has 0 aliphatic carbocycles. The van der Waals surface area contributed by atoms with Crippen LogP contribution < -0.4 is 10.1 Å². The summed E-state index contributed by atoms with van der Waals surface area (Å²) < 4.78 is 45.5. The molecule has 0 spiro atoms. The maximum Gasteiger partial charge on any atom is 0.435 e. The van der Waals surface area contributed by atoms with E-state index in [0.717, 1.165) is 11.6 Å². The quantitative estimate of drug-likeness (QED) is 0.731. The van der Waals surface area contributed by atoms with E-state index < -0.39 is 18.0 Å². The number of ether oxygens (including phenoxy) is 1. The van der Waals surface area contributed by atoms with Gasteiger partial charge in [0.25, 0.3) is 0 Å². The predicted molar refractivity (Wildman–Crippen MR) is 92.6 cm³/mol. The second-order valence-electron chi connectivity index (χ2n) is 5.83. The molecule has 3 aromatic rings. The van der Waals surface area contributed by atoms with E-state index in [2.05, 4.69) is 10.4 Å². The number of aromatic nitrogens is 2. The number of carbonyl (C=O) groups is 1. The first kappa shape index (κ1) is 18.5. The van der Waals surface area contributed by atoms with Crippen LogP contribution in [0.1, 0.15) is 17.0 Å². The summed E-state index contributed by atoms with van der Waals surface area (Å²) in [6, 6.07) is 16.2. The van der Waals surface area contributed by atoms with E-state index in [9.17, 15) is 18.0 Å². The van der Waals surface area contributed by atoms with Crippen molar-refractivity contribution in [3.05, 3.63) is 77.6 Å². The number of carbonyl (C=O) groups excluding carboxylic acids is 1. The van der Waals surface area contributed by atoms with Gasteiger partial charge < -0.3 is 10.1 Å². The molecule has 0 aliphatic rings. The Balaban J connectivity index is 1.81. The number of amides is 1. The molecule has 140 valence electrons. The second-order valence-corrected chi connectivity index (χ2v) is 5.83. The predicted octanol–water partition coefficient (Wildman–Crippen LogP) is 4.49. The Hall–Kier alpha value is -3.29. The lowest BCUT2D eigenvalue weighted by atomic mass is 10.2. The molecule has 0 atom stereocenters. The van der Waals surface area contributed by atoms with Crippen LogP contribution in [-0.2, 0) is 12.7 Å². The molecule has 8 heteroatoms. The van der Waals surface area contributed by atoms with Crippen LogP contribution in [0.15, 0.2) is 60.7 Å². The highest BCUT2D eigenvalue weighted by Gasteiger charge is 2.35. The number of hydrogen-bond acceptors (Lipinski definition) is 3. The molecule has 27 heavy (non-hydrogen) atoms. The summed E-state index contributed by atoms with van der Waals surface area (Å²) in [5.41, 5.74) is 0.493. The molecule has 5 nitrogen and oxygen atoms in total. The van der Waals surface area contributed by atoms with Gasteiger partial charge in [0.15, 0.2) is 5.69 Å². The van der Waals surface area contributed by atoms with E-state index in [-0.39, 0.29) is 12.2 Å². The molecule has 2 aromatic carbocycles. The van der Waals surface area contributed by atoms with Gasteiger partial charge in [-0.25, -0.2) is 9.48 Å². The molecule has 0 fully saturated rings. The summed E-state index contributed by atoms with van der Waals surface area (Å²) in [6.07, 6.45) is -5.36. The zero-order valence-corrected chi connectivity index (χ0v) is 14.3. The summed E-state index contributed by atoms with van der Waals surface area (Å²) in [5, 5.41) is 6.10. The van der Waals surface area contributed by atoms with Gasteiger partial charge in [-0.05, 0) is 42.8 Å². The van der Waals surface area contributed by atoms with Gasteiger partial charge in [-0.1, -0.05) is 30.3 Å². The van der Waals surface area contributed by atoms with E-state index in [1.165, 1.54) is 4.68 Å². The minimum absolute atomic E-state index is 0.178. The highest BCUT2D eigenvalue weighted by molar-refractivity contribution is 5.70. The van der Waals surface area contributed by atoms with Gasteiger partial charge in [0.2, 0.25) is 0 Å². The maximum atomic E-state index is 13.1. The molecule has 0 saturated heterocycles. The topological polar surface area (TPSA) is 56.2 Å².